The Balaban J connectivity index is 1.66. The number of nitrogens with one attached hydrogen (secondary N) is 1. The van der Waals surface area contributed by atoms with Crippen LogP contribution in [0.4, 0.5) is 4.39 Å². The van der Waals surface area contributed by atoms with E-state index in [1.54, 1.807) is 0 Å². The van der Waals surface area contributed by atoms with Crippen molar-refractivity contribution < 1.29 is 23.8 Å². The fraction of sp³-hybridized carbons (Fsp3) is 0.300. The van der Waals surface area contributed by atoms with Crippen molar-refractivity contribution in [2.45, 2.75) is 30.8 Å². The molecule has 2 aromatic rings. The van der Waals surface area contributed by atoms with Crippen LogP contribution in [-0.2, 0) is 15.0 Å². The summed E-state index contributed by atoms with van der Waals surface area (Å²) in [5, 5.41) is 12.1. The predicted octanol–water partition coefficient (Wildman–Crippen LogP) is 2.90. The molecule has 1 amide bonds. The van der Waals surface area contributed by atoms with E-state index in [4.69, 9.17) is 4.74 Å². The van der Waals surface area contributed by atoms with Crippen LogP contribution in [0, 0.1) is 5.82 Å². The van der Waals surface area contributed by atoms with Gasteiger partial charge in [-0.1, -0.05) is 36.8 Å². The largest absolute Gasteiger partial charge is 0.478 e. The molecule has 5 nitrogen and oxygen atoms in total. The van der Waals surface area contributed by atoms with Gasteiger partial charge < -0.3 is 15.2 Å². The van der Waals surface area contributed by atoms with Gasteiger partial charge in [-0.2, -0.15) is 0 Å². The van der Waals surface area contributed by atoms with Gasteiger partial charge in [-0.3, -0.25) is 4.79 Å². The molecule has 2 N–H and O–H groups in total. The number of aliphatic carboxylic acids is 1. The van der Waals surface area contributed by atoms with Crippen molar-refractivity contribution in [3.63, 3.8) is 0 Å². The summed E-state index contributed by atoms with van der Waals surface area (Å²) < 4.78 is 18.3. The van der Waals surface area contributed by atoms with E-state index >= 15 is 0 Å². The van der Waals surface area contributed by atoms with E-state index in [1.165, 1.54) is 24.3 Å². The first kappa shape index (κ1) is 17.9. The van der Waals surface area contributed by atoms with Gasteiger partial charge in [0.1, 0.15) is 11.6 Å². The lowest BCUT2D eigenvalue weighted by molar-refractivity contribution is -0.145. The zero-order valence-electron chi connectivity index (χ0n) is 14.2. The van der Waals surface area contributed by atoms with Crippen LogP contribution in [0.25, 0.3) is 0 Å². The minimum absolute atomic E-state index is 0.167. The molecule has 1 aliphatic rings. The van der Waals surface area contributed by atoms with Crippen molar-refractivity contribution >= 4 is 11.9 Å². The first-order valence-electron chi connectivity index (χ1n) is 8.50. The van der Waals surface area contributed by atoms with Crippen molar-refractivity contribution in [2.75, 3.05) is 6.54 Å². The highest BCUT2D eigenvalue weighted by molar-refractivity contribution is 5.89. The Hall–Kier alpha value is -2.89. The lowest BCUT2D eigenvalue weighted by atomic mass is 9.64. The number of carbonyl (C=O) groups is 2. The van der Waals surface area contributed by atoms with Gasteiger partial charge in [0.25, 0.3) is 0 Å². The van der Waals surface area contributed by atoms with Gasteiger partial charge in [0.2, 0.25) is 12.0 Å². The van der Waals surface area contributed by atoms with E-state index in [2.05, 4.69) is 5.32 Å². The molecule has 0 saturated heterocycles. The average Bonchev–Trinajstić information content (AvgIpc) is 2.60. The van der Waals surface area contributed by atoms with Crippen LogP contribution >= 0.6 is 0 Å². The molecule has 0 heterocycles. The molecule has 1 aliphatic carbocycles. The number of carboxylic acid groups (broad SMARTS) is 1. The monoisotopic (exact) mass is 357 g/mol. The second-order valence-electron chi connectivity index (χ2n) is 6.41. The molecule has 6 heteroatoms. The normalized spacial score (nSPS) is 16.2. The first-order chi connectivity index (χ1) is 12.5. The summed E-state index contributed by atoms with van der Waals surface area (Å²) in [7, 11) is 0. The quantitative estimate of drug-likeness (QED) is 0.799. The van der Waals surface area contributed by atoms with Crippen LogP contribution in [-0.4, -0.2) is 29.6 Å². The van der Waals surface area contributed by atoms with Gasteiger partial charge in [0.05, 0.1) is 12.0 Å². The Bertz CT molecular complexity index is 772. The Morgan fingerprint density at radius 3 is 2.31 bits per heavy atom. The molecule has 0 bridgehead atoms. The van der Waals surface area contributed by atoms with Gasteiger partial charge in [-0.05, 0) is 42.7 Å². The standard InChI is InChI=1S/C20H20FNO4/c21-15-7-9-16(10-8-15)26-17(18(23)24)13-22-19(25)20(11-4-12-20)14-5-2-1-3-6-14/h1-3,5-10,17H,4,11-13H2,(H,22,25)(H,23,24). The van der Waals surface area contributed by atoms with Crippen LogP contribution in [0.1, 0.15) is 24.8 Å². The summed E-state index contributed by atoms with van der Waals surface area (Å²) in [6.07, 6.45) is 1.17. The molecule has 0 aromatic heterocycles. The maximum absolute atomic E-state index is 12.9. The molecule has 3 rings (SSSR count). The number of amides is 1. The third kappa shape index (κ3) is 3.69. The summed E-state index contributed by atoms with van der Waals surface area (Å²) in [5.74, 6) is -1.59. The lowest BCUT2D eigenvalue weighted by Crippen LogP contribution is -2.52. The van der Waals surface area contributed by atoms with Crippen LogP contribution in [0.5, 0.6) is 5.75 Å². The maximum Gasteiger partial charge on any atom is 0.346 e. The van der Waals surface area contributed by atoms with Crippen molar-refractivity contribution in [2.24, 2.45) is 0 Å². The van der Waals surface area contributed by atoms with Crippen molar-refractivity contribution in [3.05, 3.63) is 66.0 Å². The second-order valence-corrected chi connectivity index (χ2v) is 6.41. The molecule has 0 spiro atoms. The Kier molecular flexibility index (Phi) is 5.21. The SMILES string of the molecule is O=C(O)C(CNC(=O)C1(c2ccccc2)CCC1)Oc1ccc(F)cc1. The first-order valence-corrected chi connectivity index (χ1v) is 8.50. The molecule has 1 unspecified atom stereocenters. The molecule has 0 radical (unpaired) electrons. The van der Waals surface area contributed by atoms with Gasteiger partial charge in [-0.15, -0.1) is 0 Å². The highest BCUT2D eigenvalue weighted by Crippen LogP contribution is 2.43. The third-order valence-electron chi connectivity index (χ3n) is 4.78. The van der Waals surface area contributed by atoms with Gasteiger partial charge in [0, 0.05) is 0 Å². The van der Waals surface area contributed by atoms with Crippen molar-refractivity contribution in [1.29, 1.82) is 0 Å². The fourth-order valence-electron chi connectivity index (χ4n) is 3.15. The number of carbonyl (C=O) groups excluding carboxylic acids is 1. The van der Waals surface area contributed by atoms with Crippen LogP contribution in [0.15, 0.2) is 54.6 Å². The van der Waals surface area contributed by atoms with Crippen molar-refractivity contribution in [1.82, 2.24) is 5.32 Å². The van der Waals surface area contributed by atoms with Crippen molar-refractivity contribution in [3.8, 4) is 5.75 Å². The van der Waals surface area contributed by atoms with Crippen LogP contribution in [0.3, 0.4) is 0 Å². The molecule has 2 aromatic carbocycles. The summed E-state index contributed by atoms with van der Waals surface area (Å²) in [4.78, 5) is 24.2. The molecule has 0 aliphatic heterocycles. The Morgan fingerprint density at radius 2 is 1.77 bits per heavy atom. The van der Waals surface area contributed by atoms with E-state index in [0.717, 1.165) is 24.8 Å². The molecule has 136 valence electrons. The molecule has 1 saturated carbocycles. The van der Waals surface area contributed by atoms with E-state index in [9.17, 15) is 19.1 Å². The predicted molar refractivity (Wildman–Crippen MR) is 93.4 cm³/mol. The number of halogens is 1. The third-order valence-corrected chi connectivity index (χ3v) is 4.78. The topological polar surface area (TPSA) is 75.6 Å². The molecular formula is C20H20FNO4. The fourth-order valence-corrected chi connectivity index (χ4v) is 3.15. The Labute approximate surface area is 150 Å². The number of benzene rings is 2. The second kappa shape index (κ2) is 7.56. The highest BCUT2D eigenvalue weighted by Gasteiger charge is 2.45. The van der Waals surface area contributed by atoms with Crippen LogP contribution < -0.4 is 10.1 Å². The van der Waals surface area contributed by atoms with Gasteiger partial charge in [0.15, 0.2) is 0 Å². The number of rotatable bonds is 7. The van der Waals surface area contributed by atoms with E-state index in [-0.39, 0.29) is 18.2 Å². The van der Waals surface area contributed by atoms with E-state index in [1.807, 2.05) is 30.3 Å². The minimum Gasteiger partial charge on any atom is -0.478 e. The minimum atomic E-state index is -1.25. The zero-order valence-corrected chi connectivity index (χ0v) is 14.2. The van der Waals surface area contributed by atoms with Crippen LogP contribution in [0.2, 0.25) is 0 Å². The zero-order chi connectivity index (χ0) is 18.6. The number of carboxylic acids is 1. The smallest absolute Gasteiger partial charge is 0.346 e. The molecular weight excluding hydrogens is 337 g/mol. The molecule has 26 heavy (non-hydrogen) atoms. The number of ether oxygens (including phenoxy) is 1. The Morgan fingerprint density at radius 1 is 1.12 bits per heavy atom. The lowest BCUT2D eigenvalue weighted by Gasteiger charge is -2.40. The van der Waals surface area contributed by atoms with Gasteiger partial charge in [-0.25, -0.2) is 9.18 Å². The van der Waals surface area contributed by atoms with E-state index in [0.29, 0.717) is 0 Å². The summed E-state index contributed by atoms with van der Waals surface area (Å²) >= 11 is 0. The van der Waals surface area contributed by atoms with Gasteiger partial charge >= 0.3 is 5.97 Å². The number of hydrogen-bond acceptors (Lipinski definition) is 3. The molecule has 1 fully saturated rings. The van der Waals surface area contributed by atoms with E-state index < -0.39 is 23.3 Å². The summed E-state index contributed by atoms with van der Waals surface area (Å²) in [6.45, 7) is -0.167. The average molecular weight is 357 g/mol. The maximum atomic E-state index is 12.9. The molecule has 1 atom stereocenters. The highest BCUT2D eigenvalue weighted by atomic mass is 19.1. The number of hydrogen-bond donors (Lipinski definition) is 2. The summed E-state index contributed by atoms with van der Waals surface area (Å²) in [5.41, 5.74) is 0.343. The summed E-state index contributed by atoms with van der Waals surface area (Å²) in [6, 6.07) is 14.6.